The maximum absolute atomic E-state index is 14.2. The van der Waals surface area contributed by atoms with Crippen LogP contribution in [0.5, 0.6) is 0 Å². The van der Waals surface area contributed by atoms with Crippen LogP contribution in [0.2, 0.25) is 0 Å². The third-order valence-corrected chi connectivity index (χ3v) is 8.76. The van der Waals surface area contributed by atoms with Gasteiger partial charge in [-0.1, -0.05) is 53.8 Å². The van der Waals surface area contributed by atoms with Crippen molar-refractivity contribution < 1.29 is 18.8 Å². The van der Waals surface area contributed by atoms with Crippen molar-refractivity contribution in [1.29, 1.82) is 0 Å². The van der Waals surface area contributed by atoms with Gasteiger partial charge in [0.1, 0.15) is 5.82 Å². The predicted molar refractivity (Wildman–Crippen MR) is 167 cm³/mol. The fraction of sp³-hybridized carbons (Fsp3) is 0.0938. The minimum absolute atomic E-state index is 0.0866. The number of hydrogen-bond donors (Lipinski definition) is 0. The van der Waals surface area contributed by atoms with Crippen molar-refractivity contribution in [2.45, 2.75) is 23.0 Å². The average Bonchev–Trinajstić information content (AvgIpc) is 3.36. The van der Waals surface area contributed by atoms with E-state index in [0.717, 1.165) is 11.3 Å². The zero-order valence-electron chi connectivity index (χ0n) is 23.5. The number of aromatic nitrogens is 3. The number of ether oxygens (including phenoxy) is 1. The first-order valence-corrected chi connectivity index (χ1v) is 15.2. The maximum atomic E-state index is 14.2. The number of hydrogen-bond acceptors (Lipinski definition) is 10. The summed E-state index contributed by atoms with van der Waals surface area (Å²) >= 11 is 2.26. The second-order valence-electron chi connectivity index (χ2n) is 9.60. The molecule has 5 aromatic rings. The highest BCUT2D eigenvalue weighted by molar-refractivity contribution is 7.99. The fourth-order valence-electron chi connectivity index (χ4n) is 4.83. The standard InChI is InChI=1S/C32H22FN5O5S2/c1-2-43-30(40)26-27(19-7-4-3-5-8-19)36-32-37(28(26)20-9-11-22(33)12-10-20)29(39)25(45-32)18-21-17-23(38(41)42)13-14-24(21)44-31-34-15-6-16-35-31/h3-18,28H,2H2,1H3/b25-18+/t28-/m1/s1. The van der Waals surface area contributed by atoms with Crippen LogP contribution in [0.3, 0.4) is 0 Å². The Morgan fingerprint density at radius 2 is 1.82 bits per heavy atom. The molecule has 0 bridgehead atoms. The minimum atomic E-state index is -0.991. The second kappa shape index (κ2) is 12.8. The smallest absolute Gasteiger partial charge is 0.338 e. The Hall–Kier alpha value is -5.27. The molecule has 3 heterocycles. The van der Waals surface area contributed by atoms with E-state index < -0.39 is 28.3 Å². The van der Waals surface area contributed by atoms with Crippen molar-refractivity contribution in [1.82, 2.24) is 14.5 Å². The van der Waals surface area contributed by atoms with Crippen LogP contribution in [0.15, 0.2) is 117 Å². The largest absolute Gasteiger partial charge is 0.463 e. The van der Waals surface area contributed by atoms with Gasteiger partial charge in [-0.2, -0.15) is 0 Å². The molecular weight excluding hydrogens is 618 g/mol. The highest BCUT2D eigenvalue weighted by atomic mass is 32.2. The molecular formula is C32H22FN5O5S2. The number of nitro groups is 1. The van der Waals surface area contributed by atoms with Crippen LogP contribution >= 0.6 is 23.1 Å². The number of thiazole rings is 1. The number of nitrogens with zero attached hydrogens (tertiary/aromatic N) is 5. The first kappa shape index (κ1) is 29.8. The Morgan fingerprint density at radius 1 is 1.09 bits per heavy atom. The monoisotopic (exact) mass is 639 g/mol. The number of rotatable bonds is 8. The predicted octanol–water partition coefficient (Wildman–Crippen LogP) is 4.92. The highest BCUT2D eigenvalue weighted by Gasteiger charge is 2.35. The van der Waals surface area contributed by atoms with Gasteiger partial charge in [-0.05, 0) is 60.2 Å². The summed E-state index contributed by atoms with van der Waals surface area (Å²) < 4.78 is 21.1. The molecule has 0 aliphatic carbocycles. The van der Waals surface area contributed by atoms with E-state index in [1.807, 2.05) is 6.07 Å². The Balaban J connectivity index is 1.61. The molecule has 0 N–H and O–H groups in total. The Labute approximate surface area is 263 Å². The molecule has 6 rings (SSSR count). The van der Waals surface area contributed by atoms with Crippen molar-refractivity contribution in [2.24, 2.45) is 4.99 Å². The summed E-state index contributed by atoms with van der Waals surface area (Å²) in [5, 5.41) is 12.1. The van der Waals surface area contributed by atoms with Crippen molar-refractivity contribution in [3.63, 3.8) is 0 Å². The summed E-state index contributed by atoms with van der Waals surface area (Å²) in [5.74, 6) is -1.14. The van der Waals surface area contributed by atoms with Gasteiger partial charge in [-0.3, -0.25) is 19.5 Å². The molecule has 1 atom stereocenters. The molecule has 1 aliphatic rings. The van der Waals surface area contributed by atoms with Crippen LogP contribution in [-0.4, -0.2) is 32.0 Å². The lowest BCUT2D eigenvalue weighted by molar-refractivity contribution is -0.384. The van der Waals surface area contributed by atoms with Gasteiger partial charge in [-0.25, -0.2) is 24.1 Å². The van der Waals surface area contributed by atoms with E-state index in [9.17, 15) is 24.1 Å². The highest BCUT2D eigenvalue weighted by Crippen LogP contribution is 2.35. The molecule has 10 nitrogen and oxygen atoms in total. The molecule has 1 aliphatic heterocycles. The third-order valence-electron chi connectivity index (χ3n) is 6.79. The quantitative estimate of drug-likeness (QED) is 0.101. The lowest BCUT2D eigenvalue weighted by Gasteiger charge is -2.25. The van der Waals surface area contributed by atoms with Crippen LogP contribution in [0.4, 0.5) is 10.1 Å². The van der Waals surface area contributed by atoms with E-state index in [1.54, 1.807) is 61.8 Å². The minimum Gasteiger partial charge on any atom is -0.463 e. The molecule has 0 radical (unpaired) electrons. The van der Waals surface area contributed by atoms with E-state index in [-0.39, 0.29) is 22.4 Å². The van der Waals surface area contributed by atoms with Crippen LogP contribution in [0.1, 0.15) is 29.7 Å². The Bertz CT molecular complexity index is 2130. The molecule has 13 heteroatoms. The summed E-state index contributed by atoms with van der Waals surface area (Å²) in [7, 11) is 0. The van der Waals surface area contributed by atoms with Gasteiger partial charge >= 0.3 is 5.97 Å². The number of fused-ring (bicyclic) bond motifs is 1. The summed E-state index contributed by atoms with van der Waals surface area (Å²) in [6, 6.07) is 19.6. The topological polar surface area (TPSA) is 130 Å². The van der Waals surface area contributed by atoms with Crippen LogP contribution < -0.4 is 14.9 Å². The first-order chi connectivity index (χ1) is 21.8. The van der Waals surface area contributed by atoms with Crippen molar-refractivity contribution in [3.8, 4) is 0 Å². The molecule has 45 heavy (non-hydrogen) atoms. The van der Waals surface area contributed by atoms with Gasteiger partial charge in [0.2, 0.25) is 0 Å². The van der Waals surface area contributed by atoms with Crippen LogP contribution in [-0.2, 0) is 9.53 Å². The van der Waals surface area contributed by atoms with Crippen molar-refractivity contribution >= 4 is 46.5 Å². The fourth-order valence-corrected chi connectivity index (χ4v) is 6.62. The van der Waals surface area contributed by atoms with Gasteiger partial charge in [-0.15, -0.1) is 0 Å². The van der Waals surface area contributed by atoms with Crippen molar-refractivity contribution in [3.05, 3.63) is 149 Å². The number of non-ortho nitro benzene ring substituents is 1. The second-order valence-corrected chi connectivity index (χ2v) is 11.6. The van der Waals surface area contributed by atoms with Gasteiger partial charge < -0.3 is 4.74 Å². The molecule has 224 valence electrons. The van der Waals surface area contributed by atoms with Gasteiger partial charge in [0.15, 0.2) is 9.96 Å². The lowest BCUT2D eigenvalue weighted by Crippen LogP contribution is -2.40. The normalized spacial score (nSPS) is 14.5. The van der Waals surface area contributed by atoms with Crippen LogP contribution in [0.25, 0.3) is 11.8 Å². The molecule has 0 saturated heterocycles. The Morgan fingerprint density at radius 3 is 2.51 bits per heavy atom. The van der Waals surface area contributed by atoms with Crippen molar-refractivity contribution in [2.75, 3.05) is 6.61 Å². The van der Waals surface area contributed by atoms with E-state index >= 15 is 0 Å². The van der Waals surface area contributed by atoms with E-state index in [1.165, 1.54) is 52.7 Å². The number of esters is 1. The number of halogens is 1. The first-order valence-electron chi connectivity index (χ1n) is 13.6. The molecule has 0 amide bonds. The molecule has 2 aromatic heterocycles. The lowest BCUT2D eigenvalue weighted by atomic mass is 9.93. The van der Waals surface area contributed by atoms with E-state index in [0.29, 0.717) is 37.2 Å². The zero-order chi connectivity index (χ0) is 31.5. The summed E-state index contributed by atoms with van der Waals surface area (Å²) in [4.78, 5) is 53.0. The van der Waals surface area contributed by atoms with Crippen LogP contribution in [0, 0.1) is 15.9 Å². The average molecular weight is 640 g/mol. The summed E-state index contributed by atoms with van der Waals surface area (Å²) in [5.41, 5.74) is 1.31. The summed E-state index contributed by atoms with van der Waals surface area (Å²) in [6.45, 7) is 1.77. The van der Waals surface area contributed by atoms with Gasteiger partial charge in [0.25, 0.3) is 11.2 Å². The molecule has 3 aromatic carbocycles. The molecule has 0 spiro atoms. The molecule has 0 saturated carbocycles. The number of benzene rings is 3. The Kier molecular flexibility index (Phi) is 8.45. The third kappa shape index (κ3) is 6.08. The number of carbonyl (C=O) groups excluding carboxylic acids is 1. The number of carbonyl (C=O) groups is 1. The molecule has 0 fully saturated rings. The van der Waals surface area contributed by atoms with Gasteiger partial charge in [0, 0.05) is 35.0 Å². The molecule has 0 unspecified atom stereocenters. The number of nitro benzene ring substituents is 1. The van der Waals surface area contributed by atoms with Gasteiger partial charge in [0.05, 0.1) is 33.4 Å². The van der Waals surface area contributed by atoms with E-state index in [4.69, 9.17) is 9.73 Å². The zero-order valence-corrected chi connectivity index (χ0v) is 25.1. The maximum Gasteiger partial charge on any atom is 0.338 e. The summed E-state index contributed by atoms with van der Waals surface area (Å²) in [6.07, 6.45) is 4.72. The van der Waals surface area contributed by atoms with E-state index in [2.05, 4.69) is 9.97 Å². The SMILES string of the molecule is CCOC(=O)C1=C(c2ccccc2)N=c2s/c(=C/c3cc([N+](=O)[O-])ccc3Sc3ncccn3)c(=O)n2[C@@H]1c1ccc(F)cc1.